The van der Waals surface area contributed by atoms with Crippen LogP contribution in [0.2, 0.25) is 5.15 Å². The smallest absolute Gasteiger partial charge is 0.236 e. The van der Waals surface area contributed by atoms with Crippen LogP contribution in [-0.2, 0) is 6.42 Å². The molecule has 1 rings (SSSR count). The van der Waals surface area contributed by atoms with Crippen LogP contribution in [0.1, 0.15) is 5.56 Å². The van der Waals surface area contributed by atoms with E-state index in [-0.39, 0.29) is 0 Å². The van der Waals surface area contributed by atoms with Gasteiger partial charge in [0.15, 0.2) is 5.15 Å². The van der Waals surface area contributed by atoms with Gasteiger partial charge in [-0.05, 0) is 19.0 Å². The van der Waals surface area contributed by atoms with Crippen LogP contribution in [0.15, 0.2) is 6.07 Å². The van der Waals surface area contributed by atoms with Crippen molar-refractivity contribution in [1.82, 2.24) is 10.2 Å². The topological polar surface area (TPSA) is 61.0 Å². The highest BCUT2D eigenvalue weighted by molar-refractivity contribution is 6.29. The number of hydrogen-bond donors (Lipinski definition) is 1. The first-order chi connectivity index (χ1) is 5.77. The van der Waals surface area contributed by atoms with Crippen LogP contribution < -0.4 is 10.5 Å². The molecule has 0 radical (unpaired) electrons. The summed E-state index contributed by atoms with van der Waals surface area (Å²) in [5.74, 6) is 0.491. The summed E-state index contributed by atoms with van der Waals surface area (Å²) in [7, 11) is 1.54. The Bertz CT molecular complexity index is 267. The second kappa shape index (κ2) is 4.23. The third kappa shape index (κ3) is 2.06. The van der Waals surface area contributed by atoms with Gasteiger partial charge in [-0.15, -0.1) is 10.2 Å². The van der Waals surface area contributed by atoms with Crippen LogP contribution >= 0.6 is 11.6 Å². The Morgan fingerprint density at radius 2 is 2.33 bits per heavy atom. The lowest BCUT2D eigenvalue weighted by Gasteiger charge is -2.04. The highest BCUT2D eigenvalue weighted by Gasteiger charge is 2.04. The Morgan fingerprint density at radius 1 is 1.58 bits per heavy atom. The molecule has 4 nitrogen and oxygen atoms in total. The van der Waals surface area contributed by atoms with E-state index in [1.807, 2.05) is 0 Å². The molecule has 0 amide bonds. The summed E-state index contributed by atoms with van der Waals surface area (Å²) in [6.07, 6.45) is 0.693. The monoisotopic (exact) mass is 187 g/mol. The highest BCUT2D eigenvalue weighted by atomic mass is 35.5. The van der Waals surface area contributed by atoms with E-state index in [9.17, 15) is 0 Å². The maximum atomic E-state index is 5.64. The van der Waals surface area contributed by atoms with E-state index in [1.54, 1.807) is 6.07 Å². The Hall–Kier alpha value is -0.870. The fraction of sp³-hybridized carbons (Fsp3) is 0.429. The molecule has 0 aliphatic heterocycles. The fourth-order valence-corrected chi connectivity index (χ4v) is 1.07. The first kappa shape index (κ1) is 9.22. The summed E-state index contributed by atoms with van der Waals surface area (Å²) < 4.78 is 4.97. The van der Waals surface area contributed by atoms with Crippen LogP contribution in [0.4, 0.5) is 0 Å². The Labute approximate surface area is 75.7 Å². The number of rotatable bonds is 3. The number of halogens is 1. The molecule has 0 fully saturated rings. The van der Waals surface area contributed by atoms with Crippen molar-refractivity contribution in [1.29, 1.82) is 0 Å². The molecule has 0 aliphatic rings. The first-order valence-electron chi connectivity index (χ1n) is 3.54. The maximum Gasteiger partial charge on any atom is 0.236 e. The normalized spacial score (nSPS) is 9.92. The van der Waals surface area contributed by atoms with Gasteiger partial charge in [0.05, 0.1) is 7.11 Å². The maximum absolute atomic E-state index is 5.64. The molecule has 1 aromatic heterocycles. The van der Waals surface area contributed by atoms with Crippen molar-refractivity contribution in [2.24, 2.45) is 5.73 Å². The van der Waals surface area contributed by atoms with Gasteiger partial charge in [0.1, 0.15) is 0 Å². The summed E-state index contributed by atoms with van der Waals surface area (Å²) in [5.41, 5.74) is 6.28. The quantitative estimate of drug-likeness (QED) is 0.755. The Morgan fingerprint density at radius 3 is 2.92 bits per heavy atom. The van der Waals surface area contributed by atoms with Crippen LogP contribution in [0.5, 0.6) is 5.88 Å². The van der Waals surface area contributed by atoms with Crippen molar-refractivity contribution >= 4 is 11.6 Å². The van der Waals surface area contributed by atoms with Gasteiger partial charge in [-0.25, -0.2) is 0 Å². The molecule has 1 aromatic rings. The number of nitrogens with two attached hydrogens (primary N) is 1. The number of hydrogen-bond acceptors (Lipinski definition) is 4. The van der Waals surface area contributed by atoms with E-state index in [1.165, 1.54) is 7.11 Å². The van der Waals surface area contributed by atoms with Gasteiger partial charge in [-0.1, -0.05) is 11.6 Å². The number of aromatic nitrogens is 2. The van der Waals surface area contributed by atoms with Gasteiger partial charge >= 0.3 is 0 Å². The fourth-order valence-electron chi connectivity index (χ4n) is 0.898. The second-order valence-electron chi connectivity index (χ2n) is 2.24. The van der Waals surface area contributed by atoms with Gasteiger partial charge in [-0.3, -0.25) is 0 Å². The minimum Gasteiger partial charge on any atom is -0.480 e. The number of nitrogens with zero attached hydrogens (tertiary/aromatic N) is 2. The van der Waals surface area contributed by atoms with Gasteiger partial charge in [0.2, 0.25) is 5.88 Å². The Balaban J connectivity index is 2.95. The van der Waals surface area contributed by atoms with Gasteiger partial charge in [0, 0.05) is 5.56 Å². The average Bonchev–Trinajstić information content (AvgIpc) is 2.05. The largest absolute Gasteiger partial charge is 0.480 e. The summed E-state index contributed by atoms with van der Waals surface area (Å²) in [5, 5.41) is 7.76. The second-order valence-corrected chi connectivity index (χ2v) is 2.63. The van der Waals surface area contributed by atoms with Crippen molar-refractivity contribution in [2.45, 2.75) is 6.42 Å². The third-order valence-corrected chi connectivity index (χ3v) is 1.60. The summed E-state index contributed by atoms with van der Waals surface area (Å²) in [6, 6.07) is 1.71. The molecule has 66 valence electrons. The zero-order valence-corrected chi connectivity index (χ0v) is 7.51. The molecule has 1 heterocycles. The zero-order chi connectivity index (χ0) is 8.97. The third-order valence-electron chi connectivity index (χ3n) is 1.41. The standard InChI is InChI=1S/C7H10ClN3O/c1-12-7-5(2-3-9)4-6(8)10-11-7/h4H,2-3,9H2,1H3. The van der Waals surface area contributed by atoms with E-state index in [0.717, 1.165) is 5.56 Å². The summed E-state index contributed by atoms with van der Waals surface area (Å²) >= 11 is 5.64. The zero-order valence-electron chi connectivity index (χ0n) is 6.75. The molecule has 2 N–H and O–H groups in total. The predicted molar refractivity (Wildman–Crippen MR) is 46.4 cm³/mol. The van der Waals surface area contributed by atoms with Crippen molar-refractivity contribution in [3.8, 4) is 5.88 Å². The van der Waals surface area contributed by atoms with Gasteiger partial charge < -0.3 is 10.5 Å². The molecular formula is C7H10ClN3O. The molecule has 0 atom stereocenters. The molecule has 0 saturated carbocycles. The molecule has 5 heteroatoms. The summed E-state index contributed by atoms with van der Waals surface area (Å²) in [4.78, 5) is 0. The minimum absolute atomic E-state index is 0.360. The van der Waals surface area contributed by atoms with E-state index in [4.69, 9.17) is 22.1 Å². The van der Waals surface area contributed by atoms with E-state index >= 15 is 0 Å². The van der Waals surface area contributed by atoms with Crippen molar-refractivity contribution in [3.05, 3.63) is 16.8 Å². The molecule has 0 aromatic carbocycles. The number of ether oxygens (including phenoxy) is 1. The van der Waals surface area contributed by atoms with Crippen LogP contribution in [0.25, 0.3) is 0 Å². The van der Waals surface area contributed by atoms with Crippen molar-refractivity contribution in [2.75, 3.05) is 13.7 Å². The molecular weight excluding hydrogens is 178 g/mol. The van der Waals surface area contributed by atoms with Crippen LogP contribution in [0.3, 0.4) is 0 Å². The Kier molecular flexibility index (Phi) is 3.25. The molecule has 0 spiro atoms. The first-order valence-corrected chi connectivity index (χ1v) is 3.92. The van der Waals surface area contributed by atoms with Gasteiger partial charge in [0.25, 0.3) is 0 Å². The average molecular weight is 188 g/mol. The highest BCUT2D eigenvalue weighted by Crippen LogP contribution is 2.16. The van der Waals surface area contributed by atoms with E-state index in [2.05, 4.69) is 10.2 Å². The lowest BCUT2D eigenvalue weighted by atomic mass is 10.2. The SMILES string of the molecule is COc1nnc(Cl)cc1CCN. The molecule has 12 heavy (non-hydrogen) atoms. The molecule has 0 saturated heterocycles. The lowest BCUT2D eigenvalue weighted by Crippen LogP contribution is -2.06. The number of methoxy groups -OCH3 is 1. The summed E-state index contributed by atoms with van der Waals surface area (Å²) in [6.45, 7) is 0.540. The van der Waals surface area contributed by atoms with Crippen molar-refractivity contribution in [3.63, 3.8) is 0 Å². The van der Waals surface area contributed by atoms with Crippen molar-refractivity contribution < 1.29 is 4.74 Å². The molecule has 0 unspecified atom stereocenters. The predicted octanol–water partition coefficient (Wildman–Crippen LogP) is 0.640. The van der Waals surface area contributed by atoms with Gasteiger partial charge in [-0.2, -0.15) is 0 Å². The minimum atomic E-state index is 0.360. The molecule has 0 bridgehead atoms. The van der Waals surface area contributed by atoms with Crippen LogP contribution in [-0.4, -0.2) is 23.9 Å². The van der Waals surface area contributed by atoms with Crippen LogP contribution in [0, 0.1) is 0 Å². The van der Waals surface area contributed by atoms with E-state index in [0.29, 0.717) is 24.0 Å². The van der Waals surface area contributed by atoms with E-state index < -0.39 is 0 Å². The lowest BCUT2D eigenvalue weighted by molar-refractivity contribution is 0.386. The molecule has 0 aliphatic carbocycles.